The highest BCUT2D eigenvalue weighted by Gasteiger charge is 2.30. The van der Waals surface area contributed by atoms with Gasteiger partial charge in [0.25, 0.3) is 0 Å². The van der Waals surface area contributed by atoms with Gasteiger partial charge in [0.1, 0.15) is 11.9 Å². The van der Waals surface area contributed by atoms with E-state index in [0.717, 1.165) is 0 Å². The summed E-state index contributed by atoms with van der Waals surface area (Å²) < 4.78 is 3.66. The second kappa shape index (κ2) is 3.00. The van der Waals surface area contributed by atoms with E-state index in [1.165, 1.54) is 6.92 Å². The quantitative estimate of drug-likeness (QED) is 0.537. The van der Waals surface area contributed by atoms with Crippen molar-refractivity contribution in [1.82, 2.24) is 0 Å². The van der Waals surface area contributed by atoms with Gasteiger partial charge in [0.05, 0.1) is 0 Å². The summed E-state index contributed by atoms with van der Waals surface area (Å²) >= 11 is 4.63. The number of halogens is 1. The Bertz CT molecular complexity index is 114. The van der Waals surface area contributed by atoms with E-state index in [-0.39, 0.29) is 6.42 Å². The molecular formula is C4H8ClNO3. The Morgan fingerprint density at radius 3 is 2.56 bits per heavy atom. The standard InChI is InChI=1S/C4H8ClNO3/c1-2-4(6,8)3(7)9-5/h8H,2,6H2,1H3. The first-order valence-corrected chi connectivity index (χ1v) is 2.69. The predicted octanol–water partition coefficient (Wildman–Crippen LogP) is -0.259. The smallest absolute Gasteiger partial charge is 0.366 e. The lowest BCUT2D eigenvalue weighted by molar-refractivity contribution is -0.154. The number of hydrogen-bond acceptors (Lipinski definition) is 4. The van der Waals surface area contributed by atoms with Crippen LogP contribution < -0.4 is 5.73 Å². The zero-order valence-corrected chi connectivity index (χ0v) is 5.68. The third-order valence-electron chi connectivity index (χ3n) is 0.963. The Kier molecular flexibility index (Phi) is 2.90. The molecule has 1 atom stereocenters. The summed E-state index contributed by atoms with van der Waals surface area (Å²) in [5.74, 6) is -1.04. The van der Waals surface area contributed by atoms with Crippen LogP contribution in [0.25, 0.3) is 0 Å². The van der Waals surface area contributed by atoms with Gasteiger partial charge in [0.15, 0.2) is 0 Å². The maximum absolute atomic E-state index is 10.3. The summed E-state index contributed by atoms with van der Waals surface area (Å²) in [5, 5.41) is 8.81. The molecule has 1 unspecified atom stereocenters. The van der Waals surface area contributed by atoms with Crippen molar-refractivity contribution in [3.8, 4) is 0 Å². The van der Waals surface area contributed by atoms with Gasteiger partial charge in [-0.2, -0.15) is 0 Å². The minimum atomic E-state index is -1.94. The van der Waals surface area contributed by atoms with Crippen LogP contribution in [0.5, 0.6) is 0 Å². The van der Waals surface area contributed by atoms with Crippen molar-refractivity contribution >= 4 is 17.8 Å². The average molecular weight is 154 g/mol. The third-order valence-corrected chi connectivity index (χ3v) is 1.10. The van der Waals surface area contributed by atoms with Gasteiger partial charge in [0.2, 0.25) is 5.72 Å². The van der Waals surface area contributed by atoms with Crippen molar-refractivity contribution in [3.63, 3.8) is 0 Å². The van der Waals surface area contributed by atoms with Gasteiger partial charge in [0, 0.05) is 0 Å². The van der Waals surface area contributed by atoms with Gasteiger partial charge in [-0.3, -0.25) is 5.73 Å². The molecule has 0 aliphatic carbocycles. The van der Waals surface area contributed by atoms with Crippen LogP contribution in [0.15, 0.2) is 0 Å². The van der Waals surface area contributed by atoms with Gasteiger partial charge in [-0.15, -0.1) is 0 Å². The van der Waals surface area contributed by atoms with Gasteiger partial charge in [-0.25, -0.2) is 4.79 Å². The summed E-state index contributed by atoms with van der Waals surface area (Å²) in [6, 6.07) is 0. The van der Waals surface area contributed by atoms with E-state index in [1.54, 1.807) is 0 Å². The number of carbonyl (C=O) groups excluding carboxylic acids is 1. The fourth-order valence-electron chi connectivity index (χ4n) is 0.211. The number of carbonyl (C=O) groups is 1. The Morgan fingerprint density at radius 1 is 2.00 bits per heavy atom. The lowest BCUT2D eigenvalue weighted by atomic mass is 10.2. The molecule has 0 aromatic carbocycles. The highest BCUT2D eigenvalue weighted by atomic mass is 35.5. The maximum atomic E-state index is 10.3. The van der Waals surface area contributed by atoms with E-state index in [0.29, 0.717) is 0 Å². The molecule has 5 heteroatoms. The third kappa shape index (κ3) is 2.17. The van der Waals surface area contributed by atoms with Crippen molar-refractivity contribution in [2.45, 2.75) is 19.1 Å². The second-order valence-corrected chi connectivity index (χ2v) is 1.80. The Labute approximate surface area is 57.7 Å². The molecule has 4 nitrogen and oxygen atoms in total. The Morgan fingerprint density at radius 2 is 2.44 bits per heavy atom. The number of aliphatic hydroxyl groups is 1. The second-order valence-electron chi connectivity index (χ2n) is 1.64. The topological polar surface area (TPSA) is 72.5 Å². The largest absolute Gasteiger partial charge is 0.371 e. The summed E-state index contributed by atoms with van der Waals surface area (Å²) in [6.45, 7) is 1.54. The molecule has 54 valence electrons. The van der Waals surface area contributed by atoms with Gasteiger partial charge in [-0.05, 0) is 6.42 Å². The predicted molar refractivity (Wildman–Crippen MR) is 31.4 cm³/mol. The van der Waals surface area contributed by atoms with Crippen LogP contribution in [-0.2, 0) is 9.08 Å². The number of rotatable bonds is 2. The molecule has 0 aliphatic rings. The van der Waals surface area contributed by atoms with Crippen molar-refractivity contribution in [3.05, 3.63) is 0 Å². The van der Waals surface area contributed by atoms with E-state index in [2.05, 4.69) is 16.2 Å². The maximum Gasteiger partial charge on any atom is 0.371 e. The fraction of sp³-hybridized carbons (Fsp3) is 0.750. The summed E-state index contributed by atoms with van der Waals surface area (Å²) in [7, 11) is 0. The van der Waals surface area contributed by atoms with Gasteiger partial charge >= 0.3 is 5.97 Å². The van der Waals surface area contributed by atoms with Crippen LogP contribution in [0.1, 0.15) is 13.3 Å². The van der Waals surface area contributed by atoms with Crippen LogP contribution in [0.3, 0.4) is 0 Å². The van der Waals surface area contributed by atoms with Crippen molar-refractivity contribution in [1.29, 1.82) is 0 Å². The SMILES string of the molecule is CCC(N)(O)C(=O)OCl. The molecule has 0 heterocycles. The van der Waals surface area contributed by atoms with Crippen LogP contribution in [0.2, 0.25) is 0 Å². The lowest BCUT2D eigenvalue weighted by Gasteiger charge is -2.14. The molecule has 0 saturated carbocycles. The van der Waals surface area contributed by atoms with Crippen LogP contribution >= 0.6 is 11.9 Å². The van der Waals surface area contributed by atoms with E-state index >= 15 is 0 Å². The molecule has 0 aliphatic heterocycles. The molecular weight excluding hydrogens is 146 g/mol. The molecule has 0 radical (unpaired) electrons. The Balaban J connectivity index is 3.97. The minimum Gasteiger partial charge on any atom is -0.366 e. The Hall–Kier alpha value is -0.320. The normalized spacial score (nSPS) is 16.4. The fourth-order valence-corrected chi connectivity index (χ4v) is 0.345. The molecule has 0 fully saturated rings. The molecule has 0 bridgehead atoms. The minimum absolute atomic E-state index is 0.0680. The van der Waals surface area contributed by atoms with Crippen LogP contribution in [-0.4, -0.2) is 16.8 Å². The first-order chi connectivity index (χ1) is 4.04. The molecule has 3 N–H and O–H groups in total. The first-order valence-electron chi connectivity index (χ1n) is 2.39. The van der Waals surface area contributed by atoms with Crippen molar-refractivity contribution in [2.24, 2.45) is 5.73 Å². The van der Waals surface area contributed by atoms with Crippen molar-refractivity contribution in [2.75, 3.05) is 0 Å². The average Bonchev–Trinajstić information content (AvgIpc) is 1.86. The highest BCUT2D eigenvalue weighted by Crippen LogP contribution is 2.04. The first kappa shape index (κ1) is 8.68. The summed E-state index contributed by atoms with van der Waals surface area (Å²) in [5.41, 5.74) is 3.02. The van der Waals surface area contributed by atoms with Crippen LogP contribution in [0.4, 0.5) is 0 Å². The van der Waals surface area contributed by atoms with Crippen molar-refractivity contribution < 1.29 is 14.2 Å². The molecule has 0 saturated heterocycles. The van der Waals surface area contributed by atoms with Crippen LogP contribution in [0, 0.1) is 0 Å². The van der Waals surface area contributed by atoms with E-state index < -0.39 is 11.7 Å². The number of hydrogen-bond donors (Lipinski definition) is 2. The summed E-state index contributed by atoms with van der Waals surface area (Å²) in [4.78, 5) is 10.3. The zero-order chi connectivity index (χ0) is 7.49. The molecule has 9 heavy (non-hydrogen) atoms. The van der Waals surface area contributed by atoms with E-state index in [1.807, 2.05) is 0 Å². The molecule has 0 spiro atoms. The highest BCUT2D eigenvalue weighted by molar-refractivity contribution is 6.14. The number of nitrogens with two attached hydrogens (primary N) is 1. The van der Waals surface area contributed by atoms with Gasteiger partial charge in [-0.1, -0.05) is 6.92 Å². The molecule has 0 aromatic rings. The zero-order valence-electron chi connectivity index (χ0n) is 4.93. The van der Waals surface area contributed by atoms with E-state index in [4.69, 9.17) is 10.8 Å². The van der Waals surface area contributed by atoms with Gasteiger partial charge < -0.3 is 9.40 Å². The molecule has 0 amide bonds. The molecule has 0 rings (SSSR count). The van der Waals surface area contributed by atoms with E-state index in [9.17, 15) is 4.79 Å². The molecule has 0 aromatic heterocycles. The lowest BCUT2D eigenvalue weighted by Crippen LogP contribution is -2.47. The summed E-state index contributed by atoms with van der Waals surface area (Å²) in [6.07, 6.45) is 0.0680. The monoisotopic (exact) mass is 153 g/mol.